The Kier molecular flexibility index (Phi) is 5.25. The van der Waals surface area contributed by atoms with E-state index < -0.39 is 11.4 Å². The van der Waals surface area contributed by atoms with E-state index in [2.05, 4.69) is 33.7 Å². The summed E-state index contributed by atoms with van der Waals surface area (Å²) in [6, 6.07) is 0.111. The number of likely N-dealkylation sites (N-methyl/N-ethyl adjacent to an activating group) is 1. The number of aliphatic carboxylic acids is 1. The number of hydrogen-bond donors (Lipinski definition) is 2. The van der Waals surface area contributed by atoms with Crippen molar-refractivity contribution in [3.05, 3.63) is 17.7 Å². The lowest BCUT2D eigenvalue weighted by Crippen LogP contribution is -2.62. The third kappa shape index (κ3) is 3.35. The number of unbranched alkanes of at least 4 members (excludes halogenated alkanes) is 1. The van der Waals surface area contributed by atoms with Crippen molar-refractivity contribution in [2.24, 2.45) is 5.41 Å². The van der Waals surface area contributed by atoms with Crippen LogP contribution in [0, 0.1) is 5.41 Å². The predicted octanol–water partition coefficient (Wildman–Crippen LogP) is 2.12. The first-order valence-corrected chi connectivity index (χ1v) is 9.24. The molecule has 0 amide bonds. The topological polar surface area (TPSA) is 72.5 Å². The van der Waals surface area contributed by atoms with Crippen molar-refractivity contribution in [2.75, 3.05) is 26.7 Å². The number of carboxylic acids is 1. The van der Waals surface area contributed by atoms with Gasteiger partial charge in [-0.1, -0.05) is 13.3 Å². The highest BCUT2D eigenvalue weighted by Crippen LogP contribution is 2.42. The van der Waals surface area contributed by atoms with Crippen LogP contribution in [0.25, 0.3) is 0 Å². The summed E-state index contributed by atoms with van der Waals surface area (Å²) in [5, 5.41) is 9.84. The van der Waals surface area contributed by atoms with Crippen LogP contribution in [0.5, 0.6) is 0 Å². The number of nitrogens with zero attached hydrogens (tertiary/aromatic N) is 3. The van der Waals surface area contributed by atoms with Gasteiger partial charge in [0.2, 0.25) is 0 Å². The van der Waals surface area contributed by atoms with Gasteiger partial charge in [0, 0.05) is 37.4 Å². The maximum absolute atomic E-state index is 12.0. The summed E-state index contributed by atoms with van der Waals surface area (Å²) in [6.07, 6.45) is 7.82. The van der Waals surface area contributed by atoms with Crippen molar-refractivity contribution in [3.63, 3.8) is 0 Å². The van der Waals surface area contributed by atoms with Gasteiger partial charge in [-0.2, -0.15) is 0 Å². The van der Waals surface area contributed by atoms with Gasteiger partial charge in [-0.25, -0.2) is 4.98 Å². The molecule has 2 saturated heterocycles. The Hall–Kier alpha value is -1.40. The van der Waals surface area contributed by atoms with Gasteiger partial charge >= 0.3 is 5.97 Å². The predicted molar refractivity (Wildman–Crippen MR) is 92.8 cm³/mol. The molecule has 2 atom stereocenters. The normalized spacial score (nSPS) is 28.7. The summed E-state index contributed by atoms with van der Waals surface area (Å²) < 4.78 is 0. The molecule has 6 heteroatoms. The number of nitrogens with one attached hydrogen (secondary N) is 1. The monoisotopic (exact) mass is 334 g/mol. The second-order valence-corrected chi connectivity index (χ2v) is 7.51. The highest BCUT2D eigenvalue weighted by Gasteiger charge is 2.52. The van der Waals surface area contributed by atoms with Crippen molar-refractivity contribution in [2.45, 2.75) is 58.0 Å². The number of aromatic amines is 1. The van der Waals surface area contributed by atoms with Crippen LogP contribution in [0.15, 0.2) is 6.20 Å². The fraction of sp³-hybridized carbons (Fsp3) is 0.778. The van der Waals surface area contributed by atoms with Crippen molar-refractivity contribution < 1.29 is 9.90 Å². The fourth-order valence-electron chi connectivity index (χ4n) is 4.39. The summed E-state index contributed by atoms with van der Waals surface area (Å²) in [4.78, 5) is 24.5. The van der Waals surface area contributed by atoms with E-state index in [1.807, 2.05) is 6.20 Å². The molecule has 1 aromatic heterocycles. The van der Waals surface area contributed by atoms with Gasteiger partial charge in [-0.15, -0.1) is 0 Å². The van der Waals surface area contributed by atoms with Gasteiger partial charge in [0.05, 0.1) is 5.41 Å². The van der Waals surface area contributed by atoms with Crippen molar-refractivity contribution in [1.29, 1.82) is 0 Å². The Bertz CT molecular complexity index is 573. The van der Waals surface area contributed by atoms with Crippen LogP contribution < -0.4 is 0 Å². The molecule has 2 fully saturated rings. The Morgan fingerprint density at radius 2 is 2.29 bits per heavy atom. The lowest BCUT2D eigenvalue weighted by Gasteiger charge is -2.51. The smallest absolute Gasteiger partial charge is 0.311 e. The molecule has 0 spiro atoms. The zero-order valence-electron chi connectivity index (χ0n) is 14.9. The lowest BCUT2D eigenvalue weighted by atomic mass is 9.68. The lowest BCUT2D eigenvalue weighted by molar-refractivity contribution is -0.162. The van der Waals surface area contributed by atoms with Crippen molar-refractivity contribution in [3.8, 4) is 0 Å². The number of carbonyl (C=O) groups is 1. The third-order valence-electron chi connectivity index (χ3n) is 5.88. The molecule has 3 rings (SSSR count). The van der Waals surface area contributed by atoms with Gasteiger partial charge in [-0.05, 0) is 45.8 Å². The summed E-state index contributed by atoms with van der Waals surface area (Å²) in [5.41, 5.74) is 0.589. The summed E-state index contributed by atoms with van der Waals surface area (Å²) in [5.74, 6) is 0.459. The SMILES string of the molecule is CCCCc1ncc(CN2CC[C@@]3(C(=O)O)CCCN(C)[C@@H]3C2)[nH]1. The number of fused-ring (bicyclic) bond motifs is 1. The van der Waals surface area contributed by atoms with E-state index >= 15 is 0 Å². The van der Waals surface area contributed by atoms with E-state index in [0.29, 0.717) is 0 Å². The second-order valence-electron chi connectivity index (χ2n) is 7.51. The van der Waals surface area contributed by atoms with E-state index in [9.17, 15) is 9.90 Å². The van der Waals surface area contributed by atoms with E-state index in [1.165, 1.54) is 6.42 Å². The first kappa shape index (κ1) is 17.4. The third-order valence-corrected chi connectivity index (χ3v) is 5.88. The molecule has 0 aliphatic carbocycles. The molecule has 0 radical (unpaired) electrons. The van der Waals surface area contributed by atoms with Gasteiger partial charge in [-0.3, -0.25) is 9.69 Å². The van der Waals surface area contributed by atoms with Crippen LogP contribution in [0.4, 0.5) is 0 Å². The van der Waals surface area contributed by atoms with Gasteiger partial charge < -0.3 is 15.0 Å². The molecule has 2 aliphatic rings. The van der Waals surface area contributed by atoms with E-state index in [-0.39, 0.29) is 6.04 Å². The fourth-order valence-corrected chi connectivity index (χ4v) is 4.39. The molecule has 0 unspecified atom stereocenters. The zero-order valence-corrected chi connectivity index (χ0v) is 14.9. The van der Waals surface area contributed by atoms with Crippen LogP contribution in [0.3, 0.4) is 0 Å². The Morgan fingerprint density at radius 3 is 3.04 bits per heavy atom. The average molecular weight is 334 g/mol. The number of piperidine rings is 2. The van der Waals surface area contributed by atoms with Gasteiger partial charge in [0.1, 0.15) is 5.82 Å². The van der Waals surface area contributed by atoms with Crippen molar-refractivity contribution >= 4 is 5.97 Å². The minimum atomic E-state index is -0.609. The highest BCUT2D eigenvalue weighted by molar-refractivity contribution is 5.76. The molecule has 2 N–H and O–H groups in total. The molecular formula is C18H30N4O2. The number of H-pyrrole nitrogens is 1. The molecule has 2 aliphatic heterocycles. The molecule has 134 valence electrons. The van der Waals surface area contributed by atoms with Gasteiger partial charge in [0.15, 0.2) is 0 Å². The first-order chi connectivity index (χ1) is 11.5. The summed E-state index contributed by atoms with van der Waals surface area (Å²) >= 11 is 0. The number of likely N-dealkylation sites (tertiary alicyclic amines) is 2. The second kappa shape index (κ2) is 7.23. The number of carboxylic acid groups (broad SMARTS) is 1. The summed E-state index contributed by atoms with van der Waals surface area (Å²) in [7, 11) is 2.07. The van der Waals surface area contributed by atoms with Crippen LogP contribution in [0.2, 0.25) is 0 Å². The minimum Gasteiger partial charge on any atom is -0.481 e. The maximum atomic E-state index is 12.0. The minimum absolute atomic E-state index is 0.111. The number of hydrogen-bond acceptors (Lipinski definition) is 4. The average Bonchev–Trinajstić information content (AvgIpc) is 3.01. The highest BCUT2D eigenvalue weighted by atomic mass is 16.4. The molecule has 0 aromatic carbocycles. The summed E-state index contributed by atoms with van der Waals surface area (Å²) in [6.45, 7) is 5.69. The molecule has 24 heavy (non-hydrogen) atoms. The van der Waals surface area contributed by atoms with E-state index in [4.69, 9.17) is 0 Å². The standard InChI is InChI=1S/C18H30N4O2/c1-3-4-6-16-19-11-14(20-16)12-22-10-8-18(17(23)24)7-5-9-21(2)15(18)13-22/h11,15H,3-10,12-13H2,1-2H3,(H,19,20)(H,23,24)/t15-,18+/m1/s1. The molecular weight excluding hydrogens is 304 g/mol. The van der Waals surface area contributed by atoms with Crippen LogP contribution in [-0.4, -0.2) is 63.6 Å². The molecule has 1 aromatic rings. The van der Waals surface area contributed by atoms with E-state index in [0.717, 1.165) is 69.8 Å². The van der Waals surface area contributed by atoms with Crippen LogP contribution >= 0.6 is 0 Å². The Labute approximate surface area is 144 Å². The molecule has 0 bridgehead atoms. The Morgan fingerprint density at radius 1 is 1.46 bits per heavy atom. The van der Waals surface area contributed by atoms with Gasteiger partial charge in [0.25, 0.3) is 0 Å². The van der Waals surface area contributed by atoms with E-state index in [1.54, 1.807) is 0 Å². The van der Waals surface area contributed by atoms with Crippen LogP contribution in [-0.2, 0) is 17.8 Å². The van der Waals surface area contributed by atoms with Crippen molar-refractivity contribution in [1.82, 2.24) is 19.8 Å². The molecule has 0 saturated carbocycles. The Balaban J connectivity index is 1.65. The maximum Gasteiger partial charge on any atom is 0.311 e. The quantitative estimate of drug-likeness (QED) is 0.834. The largest absolute Gasteiger partial charge is 0.481 e. The molecule has 3 heterocycles. The zero-order chi connectivity index (χ0) is 17.2. The molecule has 6 nitrogen and oxygen atoms in total. The number of aromatic nitrogens is 2. The number of imidazole rings is 1. The number of rotatable bonds is 6. The first-order valence-electron chi connectivity index (χ1n) is 9.24. The number of aryl methyl sites for hydroxylation is 1. The van der Waals surface area contributed by atoms with Crippen LogP contribution in [0.1, 0.15) is 50.5 Å².